The molecule has 0 aliphatic heterocycles. The van der Waals surface area contributed by atoms with Crippen molar-refractivity contribution in [2.75, 3.05) is 6.54 Å². The Kier molecular flexibility index (Phi) is 6.18. The van der Waals surface area contributed by atoms with Crippen molar-refractivity contribution < 1.29 is 0 Å². The van der Waals surface area contributed by atoms with E-state index in [2.05, 4.69) is 79.8 Å². The number of benzene rings is 2. The van der Waals surface area contributed by atoms with E-state index in [9.17, 15) is 0 Å². The lowest BCUT2D eigenvalue weighted by molar-refractivity contribution is 0.783. The van der Waals surface area contributed by atoms with Crippen molar-refractivity contribution in [3.63, 3.8) is 0 Å². The third kappa shape index (κ3) is 4.79. The van der Waals surface area contributed by atoms with Crippen LogP contribution >= 0.6 is 11.3 Å². The van der Waals surface area contributed by atoms with Gasteiger partial charge >= 0.3 is 0 Å². The predicted molar refractivity (Wildman–Crippen MR) is 111 cm³/mol. The molecule has 4 heteroatoms. The first-order valence-electron chi connectivity index (χ1n) is 8.99. The number of aromatic nitrogens is 1. The molecule has 2 aromatic carbocycles. The van der Waals surface area contributed by atoms with Gasteiger partial charge in [0, 0.05) is 11.9 Å². The summed E-state index contributed by atoms with van der Waals surface area (Å²) in [7, 11) is 0. The lowest BCUT2D eigenvalue weighted by Crippen LogP contribution is -2.13. The van der Waals surface area contributed by atoms with Gasteiger partial charge in [-0.2, -0.15) is 5.10 Å². The lowest BCUT2D eigenvalue weighted by Gasteiger charge is -2.04. The van der Waals surface area contributed by atoms with Crippen molar-refractivity contribution in [2.45, 2.75) is 33.1 Å². The maximum atomic E-state index is 4.74. The molecule has 1 aromatic heterocycles. The van der Waals surface area contributed by atoms with Crippen molar-refractivity contribution in [1.82, 2.24) is 4.68 Å². The zero-order valence-electron chi connectivity index (χ0n) is 15.6. The molecule has 0 aliphatic carbocycles. The Morgan fingerprint density at radius 1 is 1.04 bits per heavy atom. The first-order chi connectivity index (χ1) is 12.6. The number of hydrogen-bond acceptors (Lipinski definition) is 3. The molecular weight excluding hydrogens is 338 g/mol. The standard InChI is InChI=1S/C22H25N3S/c1-17(2)21-11-9-20(10-12-21)15-24-25-18(3)16-26-22(25)23-14-13-19-7-5-4-6-8-19/h4-12,15-17H,13-14H2,1-3H3. The molecule has 0 aliphatic rings. The van der Waals surface area contributed by atoms with Crippen LogP contribution in [0, 0.1) is 6.92 Å². The van der Waals surface area contributed by atoms with Crippen LogP contribution in [-0.4, -0.2) is 17.4 Å². The molecule has 1 heterocycles. The molecule has 0 N–H and O–H groups in total. The van der Waals surface area contributed by atoms with Crippen molar-refractivity contribution in [2.24, 2.45) is 10.1 Å². The largest absolute Gasteiger partial charge is 0.257 e. The second kappa shape index (κ2) is 8.77. The predicted octanol–water partition coefficient (Wildman–Crippen LogP) is 5.01. The van der Waals surface area contributed by atoms with Crippen molar-refractivity contribution in [3.8, 4) is 0 Å². The molecular formula is C22H25N3S. The van der Waals surface area contributed by atoms with Gasteiger partial charge in [-0.15, -0.1) is 11.3 Å². The van der Waals surface area contributed by atoms with Gasteiger partial charge in [0.15, 0.2) is 0 Å². The Morgan fingerprint density at radius 2 is 1.77 bits per heavy atom. The fourth-order valence-corrected chi connectivity index (χ4v) is 3.48. The number of nitrogens with zero attached hydrogens (tertiary/aromatic N) is 3. The average Bonchev–Trinajstić information content (AvgIpc) is 3.01. The highest BCUT2D eigenvalue weighted by Crippen LogP contribution is 2.14. The molecule has 0 saturated heterocycles. The molecule has 26 heavy (non-hydrogen) atoms. The molecule has 0 amide bonds. The monoisotopic (exact) mass is 363 g/mol. The third-order valence-corrected chi connectivity index (χ3v) is 5.24. The molecule has 0 radical (unpaired) electrons. The Hall–Kier alpha value is -2.46. The molecule has 0 atom stereocenters. The van der Waals surface area contributed by atoms with Crippen molar-refractivity contribution in [3.05, 3.63) is 87.2 Å². The summed E-state index contributed by atoms with van der Waals surface area (Å²) in [5, 5.41) is 6.74. The summed E-state index contributed by atoms with van der Waals surface area (Å²) < 4.78 is 1.92. The average molecular weight is 364 g/mol. The summed E-state index contributed by atoms with van der Waals surface area (Å²) >= 11 is 1.64. The summed E-state index contributed by atoms with van der Waals surface area (Å²) in [5.41, 5.74) is 4.86. The van der Waals surface area contributed by atoms with Crippen molar-refractivity contribution >= 4 is 17.6 Å². The van der Waals surface area contributed by atoms with Gasteiger partial charge in [0.05, 0.1) is 11.9 Å². The van der Waals surface area contributed by atoms with E-state index in [4.69, 9.17) is 4.99 Å². The van der Waals surface area contributed by atoms with E-state index in [-0.39, 0.29) is 0 Å². The zero-order valence-corrected chi connectivity index (χ0v) is 16.4. The smallest absolute Gasteiger partial charge is 0.205 e. The Labute approximate surface area is 159 Å². The van der Waals surface area contributed by atoms with Crippen LogP contribution in [0.3, 0.4) is 0 Å². The van der Waals surface area contributed by atoms with Gasteiger partial charge in [0.1, 0.15) is 0 Å². The highest BCUT2D eigenvalue weighted by atomic mass is 32.1. The van der Waals surface area contributed by atoms with Crippen LogP contribution in [-0.2, 0) is 6.42 Å². The minimum absolute atomic E-state index is 0.546. The molecule has 3 aromatic rings. The van der Waals surface area contributed by atoms with Crippen LogP contribution in [0.4, 0.5) is 0 Å². The number of rotatable bonds is 6. The molecule has 0 unspecified atom stereocenters. The Morgan fingerprint density at radius 3 is 2.46 bits per heavy atom. The molecule has 3 rings (SSSR count). The quantitative estimate of drug-likeness (QED) is 0.551. The van der Waals surface area contributed by atoms with Crippen LogP contribution in [0.1, 0.15) is 42.1 Å². The topological polar surface area (TPSA) is 29.6 Å². The van der Waals surface area contributed by atoms with E-state index in [1.54, 1.807) is 11.3 Å². The minimum atomic E-state index is 0.546. The maximum absolute atomic E-state index is 4.74. The molecule has 134 valence electrons. The second-order valence-electron chi connectivity index (χ2n) is 6.65. The number of hydrogen-bond donors (Lipinski definition) is 0. The first kappa shape index (κ1) is 18.3. The van der Waals surface area contributed by atoms with Gasteiger partial charge in [-0.1, -0.05) is 68.4 Å². The lowest BCUT2D eigenvalue weighted by atomic mass is 10.0. The van der Waals surface area contributed by atoms with Crippen LogP contribution in [0.5, 0.6) is 0 Å². The van der Waals surface area contributed by atoms with Gasteiger partial charge in [-0.3, -0.25) is 4.99 Å². The molecule has 0 saturated carbocycles. The SMILES string of the molecule is Cc1csc(=NCCc2ccccc2)n1N=Cc1ccc(C(C)C)cc1. The Bertz CT molecular complexity index is 916. The van der Waals surface area contributed by atoms with Gasteiger partial charge in [-0.05, 0) is 36.0 Å². The maximum Gasteiger partial charge on any atom is 0.205 e. The summed E-state index contributed by atoms with van der Waals surface area (Å²) in [5.74, 6) is 0.546. The fourth-order valence-electron chi connectivity index (χ4n) is 2.65. The van der Waals surface area contributed by atoms with Gasteiger partial charge in [-0.25, -0.2) is 4.68 Å². The third-order valence-electron chi connectivity index (χ3n) is 4.27. The summed E-state index contributed by atoms with van der Waals surface area (Å²) in [4.78, 5) is 5.68. The zero-order chi connectivity index (χ0) is 18.4. The molecule has 3 nitrogen and oxygen atoms in total. The van der Waals surface area contributed by atoms with E-state index < -0.39 is 0 Å². The minimum Gasteiger partial charge on any atom is -0.257 e. The van der Waals surface area contributed by atoms with E-state index in [1.807, 2.05) is 17.0 Å². The van der Waals surface area contributed by atoms with Crippen LogP contribution < -0.4 is 4.80 Å². The molecule has 0 spiro atoms. The number of aryl methyl sites for hydroxylation is 1. The van der Waals surface area contributed by atoms with Gasteiger partial charge in [0.25, 0.3) is 0 Å². The van der Waals surface area contributed by atoms with Gasteiger partial charge < -0.3 is 0 Å². The van der Waals surface area contributed by atoms with E-state index in [0.717, 1.165) is 29.0 Å². The van der Waals surface area contributed by atoms with Crippen LogP contribution in [0.2, 0.25) is 0 Å². The van der Waals surface area contributed by atoms with E-state index >= 15 is 0 Å². The van der Waals surface area contributed by atoms with Crippen LogP contribution in [0.25, 0.3) is 0 Å². The summed E-state index contributed by atoms with van der Waals surface area (Å²) in [6, 6.07) is 19.0. The summed E-state index contributed by atoms with van der Waals surface area (Å²) in [6.45, 7) is 7.24. The van der Waals surface area contributed by atoms with E-state index in [1.165, 1.54) is 11.1 Å². The van der Waals surface area contributed by atoms with Gasteiger partial charge in [0.2, 0.25) is 4.80 Å². The first-order valence-corrected chi connectivity index (χ1v) is 9.87. The van der Waals surface area contributed by atoms with Crippen molar-refractivity contribution in [1.29, 1.82) is 0 Å². The second-order valence-corrected chi connectivity index (χ2v) is 7.49. The van der Waals surface area contributed by atoms with E-state index in [0.29, 0.717) is 5.92 Å². The highest BCUT2D eigenvalue weighted by Gasteiger charge is 2.00. The molecule has 0 fully saturated rings. The highest BCUT2D eigenvalue weighted by molar-refractivity contribution is 7.07. The van der Waals surface area contributed by atoms with Crippen LogP contribution in [0.15, 0.2) is 70.1 Å². The number of thiazole rings is 1. The normalized spacial score (nSPS) is 12.4. The fraction of sp³-hybridized carbons (Fsp3) is 0.273. The molecule has 0 bridgehead atoms. The Balaban J connectivity index is 1.73. The summed E-state index contributed by atoms with van der Waals surface area (Å²) in [6.07, 6.45) is 2.85.